The highest BCUT2D eigenvalue weighted by Crippen LogP contribution is 2.20. The topological polar surface area (TPSA) is 42.9 Å². The van der Waals surface area contributed by atoms with Crippen LogP contribution in [0.4, 0.5) is 0 Å². The van der Waals surface area contributed by atoms with Gasteiger partial charge < -0.3 is 0 Å². The van der Waals surface area contributed by atoms with Gasteiger partial charge in [-0.25, -0.2) is 4.98 Å². The fourth-order valence-electron chi connectivity index (χ4n) is 2.00. The first kappa shape index (κ1) is 11.8. The number of carbonyl (C=O) groups excluding carboxylic acids is 1. The number of rotatable bonds is 2. The zero-order chi connectivity index (χ0) is 13.2. The van der Waals surface area contributed by atoms with E-state index in [4.69, 9.17) is 11.6 Å². The Balaban J connectivity index is 2.17. The minimum Gasteiger partial charge on any atom is -0.289 e. The van der Waals surface area contributed by atoms with Crippen molar-refractivity contribution in [2.24, 2.45) is 0 Å². The van der Waals surface area contributed by atoms with Gasteiger partial charge in [0.25, 0.3) is 0 Å². The van der Waals surface area contributed by atoms with Crippen LogP contribution in [-0.4, -0.2) is 15.8 Å². The Morgan fingerprint density at radius 2 is 1.89 bits per heavy atom. The first-order chi connectivity index (χ1) is 9.25. The monoisotopic (exact) mass is 268 g/mol. The number of aromatic nitrogens is 2. The van der Waals surface area contributed by atoms with Crippen LogP contribution >= 0.6 is 11.6 Å². The maximum atomic E-state index is 12.5. The van der Waals surface area contributed by atoms with E-state index in [1.165, 1.54) is 6.20 Å². The minimum atomic E-state index is -0.0806. The molecule has 0 unspecified atom stereocenters. The number of pyridine rings is 2. The average molecular weight is 269 g/mol. The molecule has 2 aromatic heterocycles. The van der Waals surface area contributed by atoms with Crippen LogP contribution < -0.4 is 0 Å². The second kappa shape index (κ2) is 4.78. The lowest BCUT2D eigenvalue weighted by Crippen LogP contribution is -2.02. The zero-order valence-electron chi connectivity index (χ0n) is 9.88. The van der Waals surface area contributed by atoms with Gasteiger partial charge in [-0.15, -0.1) is 0 Å². The smallest absolute Gasteiger partial charge is 0.193 e. The van der Waals surface area contributed by atoms with E-state index >= 15 is 0 Å². The summed E-state index contributed by atoms with van der Waals surface area (Å²) in [5, 5.41) is 1.15. The van der Waals surface area contributed by atoms with Crippen LogP contribution in [0.25, 0.3) is 10.9 Å². The van der Waals surface area contributed by atoms with E-state index in [2.05, 4.69) is 9.97 Å². The van der Waals surface area contributed by atoms with E-state index in [1.807, 2.05) is 24.3 Å². The molecule has 0 saturated heterocycles. The minimum absolute atomic E-state index is 0.0806. The molecule has 4 heteroatoms. The summed E-state index contributed by atoms with van der Waals surface area (Å²) in [7, 11) is 0. The van der Waals surface area contributed by atoms with Gasteiger partial charge in [0.15, 0.2) is 5.78 Å². The van der Waals surface area contributed by atoms with Crippen LogP contribution in [0.1, 0.15) is 15.9 Å². The SMILES string of the molecule is O=C(c1ccnc(Cl)c1)c1cccc2ncccc12. The molecule has 0 bridgehead atoms. The summed E-state index contributed by atoms with van der Waals surface area (Å²) < 4.78 is 0. The van der Waals surface area contributed by atoms with Crippen molar-refractivity contribution in [3.63, 3.8) is 0 Å². The van der Waals surface area contributed by atoms with E-state index in [0.717, 1.165) is 10.9 Å². The van der Waals surface area contributed by atoms with Crippen molar-refractivity contribution in [1.82, 2.24) is 9.97 Å². The molecule has 3 nitrogen and oxygen atoms in total. The Morgan fingerprint density at radius 1 is 1.00 bits per heavy atom. The number of carbonyl (C=O) groups is 1. The molecule has 0 saturated carbocycles. The number of halogens is 1. The molecular formula is C15H9ClN2O. The van der Waals surface area contributed by atoms with E-state index < -0.39 is 0 Å². The standard InChI is InChI=1S/C15H9ClN2O/c16-14-9-10(6-8-18-14)15(19)12-3-1-5-13-11(12)4-2-7-17-13/h1-9H. The largest absolute Gasteiger partial charge is 0.289 e. The summed E-state index contributed by atoms with van der Waals surface area (Å²) >= 11 is 5.82. The van der Waals surface area contributed by atoms with Crippen molar-refractivity contribution in [3.8, 4) is 0 Å². The lowest BCUT2D eigenvalue weighted by Gasteiger charge is -2.05. The Labute approximate surface area is 114 Å². The molecule has 19 heavy (non-hydrogen) atoms. The highest BCUT2D eigenvalue weighted by molar-refractivity contribution is 6.30. The van der Waals surface area contributed by atoms with Gasteiger partial charge in [0.05, 0.1) is 5.52 Å². The summed E-state index contributed by atoms with van der Waals surface area (Å²) in [6.07, 6.45) is 3.23. The highest BCUT2D eigenvalue weighted by atomic mass is 35.5. The number of hydrogen-bond acceptors (Lipinski definition) is 3. The molecular weight excluding hydrogens is 260 g/mol. The molecule has 0 N–H and O–H groups in total. The molecule has 0 fully saturated rings. The second-order valence-electron chi connectivity index (χ2n) is 4.07. The van der Waals surface area contributed by atoms with Crippen molar-refractivity contribution in [1.29, 1.82) is 0 Å². The molecule has 0 spiro atoms. The van der Waals surface area contributed by atoms with Crippen molar-refractivity contribution >= 4 is 28.3 Å². The molecule has 0 aliphatic rings. The van der Waals surface area contributed by atoms with Crippen LogP contribution in [0, 0.1) is 0 Å². The second-order valence-corrected chi connectivity index (χ2v) is 4.46. The predicted octanol–water partition coefficient (Wildman–Crippen LogP) is 3.51. The van der Waals surface area contributed by atoms with E-state index in [-0.39, 0.29) is 5.78 Å². The Bertz CT molecular complexity index is 765. The number of benzene rings is 1. The lowest BCUT2D eigenvalue weighted by molar-refractivity contribution is 0.104. The third-order valence-corrected chi connectivity index (χ3v) is 3.09. The third-order valence-electron chi connectivity index (χ3n) is 2.88. The van der Waals surface area contributed by atoms with Gasteiger partial charge in [0.1, 0.15) is 5.15 Å². The normalized spacial score (nSPS) is 10.6. The van der Waals surface area contributed by atoms with Gasteiger partial charge in [0.2, 0.25) is 0 Å². The molecule has 0 aliphatic carbocycles. The Morgan fingerprint density at radius 3 is 2.74 bits per heavy atom. The molecule has 2 heterocycles. The number of fused-ring (bicyclic) bond motifs is 1. The van der Waals surface area contributed by atoms with Crippen LogP contribution in [0.3, 0.4) is 0 Å². The molecule has 1 aromatic carbocycles. The Kier molecular flexibility index (Phi) is 2.97. The fourth-order valence-corrected chi connectivity index (χ4v) is 2.17. The molecule has 0 aliphatic heterocycles. The molecule has 3 aromatic rings. The predicted molar refractivity (Wildman–Crippen MR) is 74.4 cm³/mol. The lowest BCUT2D eigenvalue weighted by atomic mass is 10.00. The molecule has 3 rings (SSSR count). The summed E-state index contributed by atoms with van der Waals surface area (Å²) in [5.41, 5.74) is 1.94. The third kappa shape index (κ3) is 2.20. The average Bonchev–Trinajstić information content (AvgIpc) is 2.46. The summed E-state index contributed by atoms with van der Waals surface area (Å²) in [6, 6.07) is 12.4. The van der Waals surface area contributed by atoms with Crippen molar-refractivity contribution in [2.45, 2.75) is 0 Å². The van der Waals surface area contributed by atoms with Crippen LogP contribution in [0.2, 0.25) is 5.15 Å². The maximum absolute atomic E-state index is 12.5. The van der Waals surface area contributed by atoms with Gasteiger partial charge >= 0.3 is 0 Å². The Hall–Kier alpha value is -2.26. The molecule has 92 valence electrons. The zero-order valence-corrected chi connectivity index (χ0v) is 10.6. The van der Waals surface area contributed by atoms with Gasteiger partial charge in [-0.05, 0) is 24.3 Å². The molecule has 0 atom stereocenters. The quantitative estimate of drug-likeness (QED) is 0.528. The van der Waals surface area contributed by atoms with Gasteiger partial charge in [-0.3, -0.25) is 9.78 Å². The molecule has 0 radical (unpaired) electrons. The van der Waals surface area contributed by atoms with Gasteiger partial charge in [-0.1, -0.05) is 29.8 Å². The van der Waals surface area contributed by atoms with Crippen LogP contribution in [-0.2, 0) is 0 Å². The summed E-state index contributed by atoms with van der Waals surface area (Å²) in [5.74, 6) is -0.0806. The molecule has 0 amide bonds. The fraction of sp³-hybridized carbons (Fsp3) is 0. The van der Waals surface area contributed by atoms with E-state index in [9.17, 15) is 4.79 Å². The summed E-state index contributed by atoms with van der Waals surface area (Å²) in [6.45, 7) is 0. The van der Waals surface area contributed by atoms with Crippen LogP contribution in [0.15, 0.2) is 54.9 Å². The first-order valence-electron chi connectivity index (χ1n) is 5.76. The van der Waals surface area contributed by atoms with E-state index in [0.29, 0.717) is 16.3 Å². The highest BCUT2D eigenvalue weighted by Gasteiger charge is 2.13. The number of hydrogen-bond donors (Lipinski definition) is 0. The van der Waals surface area contributed by atoms with Gasteiger partial charge in [0, 0.05) is 28.9 Å². The van der Waals surface area contributed by atoms with Crippen molar-refractivity contribution in [3.05, 3.63) is 71.1 Å². The van der Waals surface area contributed by atoms with Crippen molar-refractivity contribution in [2.75, 3.05) is 0 Å². The van der Waals surface area contributed by atoms with Crippen LogP contribution in [0.5, 0.6) is 0 Å². The first-order valence-corrected chi connectivity index (χ1v) is 6.13. The summed E-state index contributed by atoms with van der Waals surface area (Å²) in [4.78, 5) is 20.6. The maximum Gasteiger partial charge on any atom is 0.193 e. The number of nitrogens with zero attached hydrogens (tertiary/aromatic N) is 2. The van der Waals surface area contributed by atoms with E-state index in [1.54, 1.807) is 24.4 Å². The van der Waals surface area contributed by atoms with Crippen molar-refractivity contribution < 1.29 is 4.79 Å². The number of ketones is 1. The van der Waals surface area contributed by atoms with Gasteiger partial charge in [-0.2, -0.15) is 0 Å².